The van der Waals surface area contributed by atoms with E-state index in [0.717, 1.165) is 6.42 Å². The van der Waals surface area contributed by atoms with Gasteiger partial charge in [0.1, 0.15) is 5.01 Å². The zero-order valence-electron chi connectivity index (χ0n) is 4.42. The van der Waals surface area contributed by atoms with Gasteiger partial charge in [-0.25, -0.2) is 13.8 Å². The maximum absolute atomic E-state index is 11.5. The van der Waals surface area contributed by atoms with Crippen LogP contribution in [0.4, 0.5) is 8.78 Å². The lowest BCUT2D eigenvalue weighted by Gasteiger charge is -1.89. The molecule has 0 bridgehead atoms. The number of aromatic nitrogens is 1. The van der Waals surface area contributed by atoms with Crippen LogP contribution in [0.2, 0.25) is 0 Å². The first-order valence-corrected chi connectivity index (χ1v) is 3.19. The zero-order chi connectivity index (χ0) is 6.69. The third-order valence-corrected chi connectivity index (χ3v) is 1.46. The molecule has 0 aliphatic heterocycles. The summed E-state index contributed by atoms with van der Waals surface area (Å²) in [6.45, 7) is 0. The van der Waals surface area contributed by atoms with E-state index in [1.165, 1.54) is 17.5 Å². The molecular weight excluding hydrogens is 144 g/mol. The first-order chi connectivity index (χ1) is 4.29. The van der Waals surface area contributed by atoms with Crippen LogP contribution in [0.3, 0.4) is 0 Å². The second kappa shape index (κ2) is 2.87. The topological polar surface area (TPSA) is 12.9 Å². The number of thiazole rings is 1. The van der Waals surface area contributed by atoms with Gasteiger partial charge in [-0.1, -0.05) is 0 Å². The number of nitrogens with zero attached hydrogens (tertiary/aromatic N) is 1. The van der Waals surface area contributed by atoms with Gasteiger partial charge in [-0.3, -0.25) is 0 Å². The Morgan fingerprint density at radius 2 is 2.44 bits per heavy atom. The molecule has 0 unspecified atom stereocenters. The molecule has 0 aromatic carbocycles. The molecule has 1 radical (unpaired) electrons. The van der Waals surface area contributed by atoms with E-state index in [1.807, 2.05) is 0 Å². The zero-order valence-corrected chi connectivity index (χ0v) is 5.24. The summed E-state index contributed by atoms with van der Waals surface area (Å²) in [6.07, 6.45) is -0.0695. The maximum Gasteiger partial charge on any atom is 0.248 e. The number of halogens is 2. The molecule has 1 aromatic heterocycles. The molecule has 1 nitrogen and oxygen atoms in total. The van der Waals surface area contributed by atoms with E-state index in [-0.39, 0.29) is 0 Å². The molecule has 0 saturated carbocycles. The molecule has 0 N–H and O–H groups in total. The molecule has 0 aliphatic rings. The molecule has 9 heavy (non-hydrogen) atoms. The Morgan fingerprint density at radius 1 is 1.67 bits per heavy atom. The van der Waals surface area contributed by atoms with Gasteiger partial charge in [0.15, 0.2) is 0 Å². The molecule has 4 heteroatoms. The van der Waals surface area contributed by atoms with Gasteiger partial charge in [0, 0.05) is 11.6 Å². The van der Waals surface area contributed by atoms with Crippen LogP contribution in [0.5, 0.6) is 0 Å². The van der Waals surface area contributed by atoms with Crippen LogP contribution >= 0.6 is 11.3 Å². The summed E-state index contributed by atoms with van der Waals surface area (Å²) in [4.78, 5) is 3.64. The van der Waals surface area contributed by atoms with Gasteiger partial charge in [-0.15, -0.1) is 11.3 Å². The molecule has 0 saturated heterocycles. The van der Waals surface area contributed by atoms with Gasteiger partial charge in [0.25, 0.3) is 0 Å². The fourth-order valence-electron chi connectivity index (χ4n) is 0.425. The van der Waals surface area contributed by atoms with Crippen molar-refractivity contribution in [1.29, 1.82) is 0 Å². The van der Waals surface area contributed by atoms with Crippen LogP contribution in [0, 0.1) is 6.42 Å². The molecule has 0 spiro atoms. The van der Waals surface area contributed by atoms with Crippen LogP contribution in [0.25, 0.3) is 0 Å². The van der Waals surface area contributed by atoms with E-state index in [4.69, 9.17) is 0 Å². The quantitative estimate of drug-likeness (QED) is 0.624. The fraction of sp³-hybridized carbons (Fsp3) is 0.200. The van der Waals surface area contributed by atoms with Crippen LogP contribution < -0.4 is 0 Å². The highest BCUT2D eigenvalue weighted by Crippen LogP contribution is 2.11. The Bertz CT molecular complexity index is 161. The van der Waals surface area contributed by atoms with Crippen molar-refractivity contribution in [2.24, 2.45) is 0 Å². The van der Waals surface area contributed by atoms with Crippen molar-refractivity contribution in [3.05, 3.63) is 23.0 Å². The molecule has 1 aromatic rings. The molecule has 1 heterocycles. The Labute approximate surface area is 55.4 Å². The van der Waals surface area contributed by atoms with Gasteiger partial charge < -0.3 is 0 Å². The summed E-state index contributed by atoms with van der Waals surface area (Å²) >= 11 is 1.20. The smallest absolute Gasteiger partial charge is 0.248 e. The van der Waals surface area contributed by atoms with E-state index in [1.54, 1.807) is 5.38 Å². The highest BCUT2D eigenvalue weighted by atomic mass is 32.1. The predicted molar refractivity (Wildman–Crippen MR) is 31.5 cm³/mol. The van der Waals surface area contributed by atoms with Gasteiger partial charge in [0.2, 0.25) is 6.43 Å². The Morgan fingerprint density at radius 3 is 2.89 bits per heavy atom. The van der Waals surface area contributed by atoms with Crippen molar-refractivity contribution in [3.63, 3.8) is 0 Å². The van der Waals surface area contributed by atoms with E-state index in [2.05, 4.69) is 4.98 Å². The maximum atomic E-state index is 11.5. The number of hydrogen-bond donors (Lipinski definition) is 0. The minimum Gasteiger partial charge on any atom is -0.249 e. The molecule has 0 fully saturated rings. The highest BCUT2D eigenvalue weighted by molar-refractivity contribution is 7.09. The van der Waals surface area contributed by atoms with Crippen LogP contribution in [0.1, 0.15) is 5.01 Å². The molecule has 0 amide bonds. The number of rotatable bonds is 2. The second-order valence-corrected chi connectivity index (χ2v) is 2.30. The first kappa shape index (κ1) is 6.61. The fourth-order valence-corrected chi connectivity index (χ4v) is 0.989. The predicted octanol–water partition coefficient (Wildman–Crippen LogP) is 1.96. The second-order valence-electron chi connectivity index (χ2n) is 1.37. The molecular formula is C5H4F2NS. The van der Waals surface area contributed by atoms with E-state index >= 15 is 0 Å². The third kappa shape index (κ3) is 2.05. The SMILES string of the molecule is FC(F)[CH]c1nccs1. The van der Waals surface area contributed by atoms with Crippen molar-refractivity contribution in [2.45, 2.75) is 6.43 Å². The Hall–Kier alpha value is -0.510. The van der Waals surface area contributed by atoms with Gasteiger partial charge in [0.05, 0.1) is 6.42 Å². The molecule has 1 rings (SSSR count). The van der Waals surface area contributed by atoms with Gasteiger partial charge in [-0.05, 0) is 0 Å². The summed E-state index contributed by atoms with van der Waals surface area (Å²) in [5, 5.41) is 2.04. The lowest BCUT2D eigenvalue weighted by molar-refractivity contribution is 0.189. The highest BCUT2D eigenvalue weighted by Gasteiger charge is 2.05. The Kier molecular flexibility index (Phi) is 2.10. The summed E-state index contributed by atoms with van der Waals surface area (Å²) < 4.78 is 23.0. The largest absolute Gasteiger partial charge is 0.249 e. The third-order valence-electron chi connectivity index (χ3n) is 0.720. The van der Waals surface area contributed by atoms with Crippen LogP contribution in [-0.4, -0.2) is 11.4 Å². The lowest BCUT2D eigenvalue weighted by atomic mass is 10.5. The average Bonchev–Trinajstić information content (AvgIpc) is 2.15. The Balaban J connectivity index is 2.48. The molecule has 49 valence electrons. The first-order valence-electron chi connectivity index (χ1n) is 2.31. The summed E-state index contributed by atoms with van der Waals surface area (Å²) in [5.74, 6) is 0. The summed E-state index contributed by atoms with van der Waals surface area (Å²) in [6, 6.07) is 0. The number of hydrogen-bond acceptors (Lipinski definition) is 2. The number of alkyl halides is 2. The summed E-state index contributed by atoms with van der Waals surface area (Å²) in [7, 11) is 0. The van der Waals surface area contributed by atoms with Crippen LogP contribution in [0.15, 0.2) is 11.6 Å². The van der Waals surface area contributed by atoms with Gasteiger partial charge >= 0.3 is 0 Å². The van der Waals surface area contributed by atoms with Crippen molar-refractivity contribution in [1.82, 2.24) is 4.98 Å². The standard InChI is InChI=1S/C5H4F2NS/c6-4(7)3-5-8-1-2-9-5/h1-4H. The normalized spacial score (nSPS) is 10.6. The van der Waals surface area contributed by atoms with Crippen molar-refractivity contribution < 1.29 is 8.78 Å². The van der Waals surface area contributed by atoms with E-state index in [9.17, 15) is 8.78 Å². The van der Waals surface area contributed by atoms with Crippen LogP contribution in [-0.2, 0) is 0 Å². The average molecular weight is 148 g/mol. The lowest BCUT2D eigenvalue weighted by Crippen LogP contribution is -1.91. The molecule has 0 aliphatic carbocycles. The van der Waals surface area contributed by atoms with Gasteiger partial charge in [-0.2, -0.15) is 0 Å². The van der Waals surface area contributed by atoms with E-state index in [0.29, 0.717) is 5.01 Å². The van der Waals surface area contributed by atoms with E-state index < -0.39 is 6.43 Å². The minimum absolute atomic E-state index is 0.380. The van der Waals surface area contributed by atoms with Crippen molar-refractivity contribution in [3.8, 4) is 0 Å². The minimum atomic E-state index is -2.39. The summed E-state index contributed by atoms with van der Waals surface area (Å²) in [5.41, 5.74) is 0. The van der Waals surface area contributed by atoms with Crippen molar-refractivity contribution >= 4 is 11.3 Å². The molecule has 0 atom stereocenters. The van der Waals surface area contributed by atoms with Crippen molar-refractivity contribution in [2.75, 3.05) is 0 Å². The monoisotopic (exact) mass is 148 g/mol.